The molecule has 1 saturated heterocycles. The summed E-state index contributed by atoms with van der Waals surface area (Å²) in [5, 5.41) is 2.87. The van der Waals surface area contributed by atoms with Crippen LogP contribution in [0.25, 0.3) is 11.0 Å². The Balaban J connectivity index is 1.54. The molecule has 1 aromatic heterocycles. The van der Waals surface area contributed by atoms with Gasteiger partial charge >= 0.3 is 5.69 Å². The van der Waals surface area contributed by atoms with Gasteiger partial charge in [0.1, 0.15) is 0 Å². The third kappa shape index (κ3) is 4.00. The molecule has 0 radical (unpaired) electrons. The van der Waals surface area contributed by atoms with E-state index in [0.29, 0.717) is 24.2 Å². The minimum atomic E-state index is -0.251. The molecule has 0 aliphatic carbocycles. The number of nitrogens with one attached hydrogen (secondary N) is 3. The molecule has 0 spiro atoms. The van der Waals surface area contributed by atoms with Gasteiger partial charge < -0.3 is 20.0 Å². The molecule has 23 heavy (non-hydrogen) atoms. The molecular weight excluding hydrogens is 296 g/mol. The van der Waals surface area contributed by atoms with Gasteiger partial charge in [0.05, 0.1) is 23.2 Å². The predicted octanol–water partition coefficient (Wildman–Crippen LogP) is 1.29. The first-order chi connectivity index (χ1) is 11.0. The molecular formula is C16H22N4O3. The van der Waals surface area contributed by atoms with E-state index in [1.54, 1.807) is 18.2 Å². The number of imidazole rings is 1. The number of amides is 1. The normalized spacial score (nSPS) is 22.3. The summed E-state index contributed by atoms with van der Waals surface area (Å²) >= 11 is 0. The molecule has 1 aromatic carbocycles. The highest BCUT2D eigenvalue weighted by molar-refractivity contribution is 5.93. The largest absolute Gasteiger partial charge is 0.373 e. The highest BCUT2D eigenvalue weighted by Crippen LogP contribution is 2.15. The van der Waals surface area contributed by atoms with Gasteiger partial charge in [-0.25, -0.2) is 4.79 Å². The Hall–Kier alpha value is -2.12. The summed E-state index contributed by atoms with van der Waals surface area (Å²) < 4.78 is 5.69. The lowest BCUT2D eigenvalue weighted by atomic mass is 10.2. The van der Waals surface area contributed by atoms with E-state index in [1.165, 1.54) is 0 Å². The molecule has 7 nitrogen and oxygen atoms in total. The number of ether oxygens (including phenoxy) is 1. The van der Waals surface area contributed by atoms with E-state index in [9.17, 15) is 9.59 Å². The van der Waals surface area contributed by atoms with Crippen molar-refractivity contribution in [2.45, 2.75) is 32.5 Å². The summed E-state index contributed by atoms with van der Waals surface area (Å²) in [5.41, 5.74) is 1.84. The summed E-state index contributed by atoms with van der Waals surface area (Å²) in [6.45, 7) is 6.53. The van der Waals surface area contributed by atoms with Crippen LogP contribution in [0.4, 0.5) is 5.69 Å². The van der Waals surface area contributed by atoms with Crippen molar-refractivity contribution in [3.05, 3.63) is 28.7 Å². The first-order valence-corrected chi connectivity index (χ1v) is 7.89. The molecule has 1 fully saturated rings. The molecule has 7 heteroatoms. The average molecular weight is 318 g/mol. The van der Waals surface area contributed by atoms with Crippen molar-refractivity contribution in [3.63, 3.8) is 0 Å². The molecule has 3 N–H and O–H groups in total. The van der Waals surface area contributed by atoms with Crippen LogP contribution in [0.2, 0.25) is 0 Å². The van der Waals surface area contributed by atoms with Gasteiger partial charge in [0.25, 0.3) is 0 Å². The molecule has 0 bridgehead atoms. The van der Waals surface area contributed by atoms with E-state index in [2.05, 4.69) is 34.0 Å². The molecule has 2 atom stereocenters. The van der Waals surface area contributed by atoms with Crippen LogP contribution in [-0.4, -0.2) is 52.6 Å². The van der Waals surface area contributed by atoms with E-state index < -0.39 is 0 Å². The zero-order valence-electron chi connectivity index (χ0n) is 13.4. The van der Waals surface area contributed by atoms with Crippen LogP contribution in [0.15, 0.2) is 23.0 Å². The Morgan fingerprint density at radius 1 is 1.26 bits per heavy atom. The monoisotopic (exact) mass is 318 g/mol. The van der Waals surface area contributed by atoms with Gasteiger partial charge in [0.2, 0.25) is 5.91 Å². The van der Waals surface area contributed by atoms with Crippen molar-refractivity contribution in [2.75, 3.05) is 25.0 Å². The molecule has 0 unspecified atom stereocenters. The molecule has 2 heterocycles. The van der Waals surface area contributed by atoms with Crippen LogP contribution in [0, 0.1) is 0 Å². The summed E-state index contributed by atoms with van der Waals surface area (Å²) in [7, 11) is 0. The number of fused-ring (bicyclic) bond motifs is 1. The van der Waals surface area contributed by atoms with Crippen molar-refractivity contribution in [2.24, 2.45) is 0 Å². The first-order valence-electron chi connectivity index (χ1n) is 7.89. The van der Waals surface area contributed by atoms with Gasteiger partial charge in [-0.2, -0.15) is 0 Å². The van der Waals surface area contributed by atoms with Crippen molar-refractivity contribution >= 4 is 22.6 Å². The zero-order chi connectivity index (χ0) is 16.4. The number of H-pyrrole nitrogens is 2. The highest BCUT2D eigenvalue weighted by atomic mass is 16.5. The van der Waals surface area contributed by atoms with Crippen molar-refractivity contribution in [1.82, 2.24) is 14.9 Å². The predicted molar refractivity (Wildman–Crippen MR) is 88.6 cm³/mol. The number of hydrogen-bond acceptors (Lipinski definition) is 4. The maximum absolute atomic E-state index is 12.1. The van der Waals surface area contributed by atoms with E-state index in [4.69, 9.17) is 4.74 Å². The highest BCUT2D eigenvalue weighted by Gasteiger charge is 2.22. The average Bonchev–Trinajstić information content (AvgIpc) is 2.83. The molecule has 3 rings (SSSR count). The number of morpholine rings is 1. The maximum Gasteiger partial charge on any atom is 0.323 e. The van der Waals surface area contributed by atoms with Gasteiger partial charge in [-0.05, 0) is 32.0 Å². The third-order valence-corrected chi connectivity index (χ3v) is 3.95. The topological polar surface area (TPSA) is 90.2 Å². The lowest BCUT2D eigenvalue weighted by molar-refractivity contribution is -0.117. The SMILES string of the molecule is C[C@@H]1CN(CCC(=O)Nc2ccc3[nH]c(=O)[nH]c3c2)C[C@@H](C)O1. The molecule has 124 valence electrons. The Kier molecular flexibility index (Phi) is 4.49. The van der Waals surface area contributed by atoms with Crippen LogP contribution < -0.4 is 11.0 Å². The maximum atomic E-state index is 12.1. The van der Waals surface area contributed by atoms with Crippen LogP contribution in [0.5, 0.6) is 0 Å². The molecule has 1 aliphatic heterocycles. The van der Waals surface area contributed by atoms with Gasteiger partial charge in [0.15, 0.2) is 0 Å². The van der Waals surface area contributed by atoms with Crippen LogP contribution in [0.1, 0.15) is 20.3 Å². The molecule has 1 amide bonds. The molecule has 2 aromatic rings. The third-order valence-electron chi connectivity index (χ3n) is 3.95. The summed E-state index contributed by atoms with van der Waals surface area (Å²) in [5.74, 6) is -0.0333. The fourth-order valence-corrected chi connectivity index (χ4v) is 3.06. The fraction of sp³-hybridized carbons (Fsp3) is 0.500. The van der Waals surface area contributed by atoms with Crippen molar-refractivity contribution in [3.8, 4) is 0 Å². The Bertz CT molecular complexity index is 741. The number of benzene rings is 1. The minimum Gasteiger partial charge on any atom is -0.373 e. The lowest BCUT2D eigenvalue weighted by Crippen LogP contribution is -2.46. The standard InChI is InChI=1S/C16H22N4O3/c1-10-8-20(9-11(2)23-10)6-5-15(21)17-12-3-4-13-14(7-12)19-16(22)18-13/h3-4,7,10-11H,5-6,8-9H2,1-2H3,(H,17,21)(H2,18,19,22)/t10-,11-/m1/s1. The van der Waals surface area contributed by atoms with E-state index in [0.717, 1.165) is 18.6 Å². The van der Waals surface area contributed by atoms with Crippen LogP contribution in [-0.2, 0) is 9.53 Å². The number of carbonyl (C=O) groups excluding carboxylic acids is 1. The number of anilines is 1. The second-order valence-corrected chi connectivity index (χ2v) is 6.15. The quantitative estimate of drug-likeness (QED) is 0.792. The summed E-state index contributed by atoms with van der Waals surface area (Å²) in [6.07, 6.45) is 0.838. The second kappa shape index (κ2) is 6.55. The van der Waals surface area contributed by atoms with Crippen LogP contribution >= 0.6 is 0 Å². The van der Waals surface area contributed by atoms with Gasteiger partial charge in [-0.3, -0.25) is 9.69 Å². The number of aromatic nitrogens is 2. The van der Waals surface area contributed by atoms with Crippen molar-refractivity contribution in [1.29, 1.82) is 0 Å². The first kappa shape index (κ1) is 15.8. The van der Waals surface area contributed by atoms with E-state index in [1.807, 2.05) is 0 Å². The summed E-state index contributed by atoms with van der Waals surface area (Å²) in [6, 6.07) is 5.31. The Labute approximate surface area is 134 Å². The smallest absolute Gasteiger partial charge is 0.323 e. The Morgan fingerprint density at radius 2 is 1.96 bits per heavy atom. The summed E-state index contributed by atoms with van der Waals surface area (Å²) in [4.78, 5) is 31.0. The number of carbonyl (C=O) groups is 1. The number of aromatic amines is 2. The molecule has 0 saturated carbocycles. The number of nitrogens with zero attached hydrogens (tertiary/aromatic N) is 1. The van der Waals surface area contributed by atoms with E-state index >= 15 is 0 Å². The minimum absolute atomic E-state index is 0.0333. The van der Waals surface area contributed by atoms with Crippen LogP contribution in [0.3, 0.4) is 0 Å². The van der Waals surface area contributed by atoms with E-state index in [-0.39, 0.29) is 23.8 Å². The van der Waals surface area contributed by atoms with Gasteiger partial charge in [-0.15, -0.1) is 0 Å². The Morgan fingerprint density at radius 3 is 2.70 bits per heavy atom. The molecule has 1 aliphatic rings. The zero-order valence-corrected chi connectivity index (χ0v) is 13.4. The lowest BCUT2D eigenvalue weighted by Gasteiger charge is -2.35. The fourth-order valence-electron chi connectivity index (χ4n) is 3.06. The van der Waals surface area contributed by atoms with Gasteiger partial charge in [0, 0.05) is 31.7 Å². The number of hydrogen-bond donors (Lipinski definition) is 3. The van der Waals surface area contributed by atoms with Crippen molar-refractivity contribution < 1.29 is 9.53 Å². The second-order valence-electron chi connectivity index (χ2n) is 6.15. The number of rotatable bonds is 4. The van der Waals surface area contributed by atoms with Gasteiger partial charge in [-0.1, -0.05) is 0 Å².